The highest BCUT2D eigenvalue weighted by Gasteiger charge is 2.36. The number of aromatic amines is 1. The molecule has 0 aliphatic heterocycles. The molecule has 0 atom stereocenters. The number of rotatable bonds is 0. The molecule has 2 rings (SSSR count). The van der Waals surface area contributed by atoms with Crippen LogP contribution in [0.4, 0.5) is 18.9 Å². The van der Waals surface area contributed by atoms with Gasteiger partial charge in [-0.2, -0.15) is 13.2 Å². The Kier molecular flexibility index (Phi) is 2.11. The van der Waals surface area contributed by atoms with Crippen molar-refractivity contribution in [3.8, 4) is 0 Å². The van der Waals surface area contributed by atoms with Gasteiger partial charge in [-0.3, -0.25) is 4.79 Å². The zero-order valence-corrected chi connectivity index (χ0v) is 7.80. The van der Waals surface area contributed by atoms with Crippen molar-refractivity contribution in [2.45, 2.75) is 6.18 Å². The lowest BCUT2D eigenvalue weighted by molar-refractivity contribution is -0.142. The summed E-state index contributed by atoms with van der Waals surface area (Å²) in [7, 11) is 0. The number of nitrogens with one attached hydrogen (secondary N) is 1. The van der Waals surface area contributed by atoms with Gasteiger partial charge in [-0.1, -0.05) is 0 Å². The van der Waals surface area contributed by atoms with Crippen LogP contribution in [0.1, 0.15) is 5.69 Å². The molecule has 4 nitrogen and oxygen atoms in total. The minimum atomic E-state index is -4.77. The van der Waals surface area contributed by atoms with Crippen LogP contribution in [-0.4, -0.2) is 9.97 Å². The fourth-order valence-electron chi connectivity index (χ4n) is 1.29. The van der Waals surface area contributed by atoms with Gasteiger partial charge in [0.15, 0.2) is 0 Å². The van der Waals surface area contributed by atoms with Gasteiger partial charge < -0.3 is 10.7 Å². The van der Waals surface area contributed by atoms with Gasteiger partial charge in [0, 0.05) is 5.69 Å². The van der Waals surface area contributed by atoms with E-state index in [9.17, 15) is 18.0 Å². The molecule has 2 aromatic rings. The van der Waals surface area contributed by atoms with Crippen molar-refractivity contribution in [2.24, 2.45) is 0 Å². The average Bonchev–Trinajstić information content (AvgIpc) is 2.16. The Hall–Kier alpha value is -2.05. The maximum Gasteiger partial charge on any atom is 0.438 e. The predicted octanol–water partition coefficient (Wildman–Crippen LogP) is 1.52. The summed E-state index contributed by atoms with van der Waals surface area (Å²) in [6, 6.07) is 4.13. The fourth-order valence-corrected chi connectivity index (χ4v) is 1.29. The van der Waals surface area contributed by atoms with Crippen molar-refractivity contribution in [1.29, 1.82) is 0 Å². The van der Waals surface area contributed by atoms with Crippen LogP contribution >= 0.6 is 0 Å². The summed E-state index contributed by atoms with van der Waals surface area (Å²) in [5, 5.41) is 0. The molecule has 0 saturated heterocycles. The van der Waals surface area contributed by atoms with Crippen molar-refractivity contribution in [3.63, 3.8) is 0 Å². The molecule has 1 aromatic heterocycles. The van der Waals surface area contributed by atoms with E-state index >= 15 is 0 Å². The second kappa shape index (κ2) is 3.22. The molecule has 0 aliphatic carbocycles. The molecule has 1 heterocycles. The second-order valence-electron chi connectivity index (χ2n) is 3.19. The molecule has 3 N–H and O–H groups in total. The zero-order chi connectivity index (χ0) is 11.9. The monoisotopic (exact) mass is 229 g/mol. The Bertz CT molecular complexity index is 603. The van der Waals surface area contributed by atoms with Crippen LogP contribution in [0.25, 0.3) is 11.0 Å². The number of hydrogen-bond acceptors (Lipinski definition) is 3. The van der Waals surface area contributed by atoms with Crippen LogP contribution in [-0.2, 0) is 6.18 Å². The van der Waals surface area contributed by atoms with Crippen LogP contribution in [0.5, 0.6) is 0 Å². The lowest BCUT2D eigenvalue weighted by Gasteiger charge is -2.05. The molecule has 0 aliphatic rings. The maximum absolute atomic E-state index is 12.4. The highest BCUT2D eigenvalue weighted by molar-refractivity contribution is 5.77. The first-order chi connectivity index (χ1) is 7.38. The summed E-state index contributed by atoms with van der Waals surface area (Å²) in [4.78, 5) is 16.5. The van der Waals surface area contributed by atoms with Gasteiger partial charge >= 0.3 is 6.18 Å². The molecule has 0 saturated carbocycles. The van der Waals surface area contributed by atoms with Gasteiger partial charge in [0.1, 0.15) is 0 Å². The number of nitrogens with zero attached hydrogens (tertiary/aromatic N) is 1. The molecular formula is C9H6F3N3O. The number of aromatic nitrogens is 2. The zero-order valence-electron chi connectivity index (χ0n) is 7.80. The van der Waals surface area contributed by atoms with E-state index in [1.807, 2.05) is 0 Å². The highest BCUT2D eigenvalue weighted by atomic mass is 19.4. The predicted molar refractivity (Wildman–Crippen MR) is 51.8 cm³/mol. The minimum absolute atomic E-state index is 0.00641. The van der Waals surface area contributed by atoms with Crippen LogP contribution in [0.3, 0.4) is 0 Å². The Balaban J connectivity index is 2.79. The number of benzene rings is 1. The van der Waals surface area contributed by atoms with E-state index in [0.29, 0.717) is 0 Å². The Morgan fingerprint density at radius 3 is 2.62 bits per heavy atom. The van der Waals surface area contributed by atoms with Crippen LogP contribution in [0.15, 0.2) is 23.0 Å². The van der Waals surface area contributed by atoms with Crippen LogP contribution in [0, 0.1) is 0 Å². The third-order valence-corrected chi connectivity index (χ3v) is 1.99. The third-order valence-electron chi connectivity index (χ3n) is 1.99. The lowest BCUT2D eigenvalue weighted by atomic mass is 10.2. The van der Waals surface area contributed by atoms with Gasteiger partial charge in [-0.15, -0.1) is 0 Å². The minimum Gasteiger partial charge on any atom is -0.399 e. The number of anilines is 1. The maximum atomic E-state index is 12.4. The largest absolute Gasteiger partial charge is 0.438 e. The van der Waals surface area contributed by atoms with Gasteiger partial charge in [0.25, 0.3) is 5.56 Å². The van der Waals surface area contributed by atoms with E-state index in [0.717, 1.165) is 0 Å². The smallest absolute Gasteiger partial charge is 0.399 e. The molecule has 16 heavy (non-hydrogen) atoms. The molecule has 0 radical (unpaired) electrons. The van der Waals surface area contributed by atoms with E-state index in [-0.39, 0.29) is 16.7 Å². The average molecular weight is 229 g/mol. The van der Waals surface area contributed by atoms with Gasteiger partial charge in [0.05, 0.1) is 11.0 Å². The standard InChI is InChI=1S/C9H6F3N3O/c10-9(11,12)7-8(16)15-5-2-1-4(13)3-6(5)14-7/h1-3H,13H2,(H,15,16). The third kappa shape index (κ3) is 1.71. The Morgan fingerprint density at radius 1 is 1.31 bits per heavy atom. The summed E-state index contributed by atoms with van der Waals surface area (Å²) < 4.78 is 37.1. The summed E-state index contributed by atoms with van der Waals surface area (Å²) in [6.45, 7) is 0. The molecule has 84 valence electrons. The van der Waals surface area contributed by atoms with E-state index in [1.54, 1.807) is 0 Å². The molecule has 7 heteroatoms. The van der Waals surface area contributed by atoms with Crippen molar-refractivity contribution in [3.05, 3.63) is 34.2 Å². The summed E-state index contributed by atoms with van der Waals surface area (Å²) in [5.41, 5.74) is 3.18. The van der Waals surface area contributed by atoms with Crippen molar-refractivity contribution < 1.29 is 13.2 Å². The topological polar surface area (TPSA) is 71.8 Å². The van der Waals surface area contributed by atoms with Crippen molar-refractivity contribution in [1.82, 2.24) is 9.97 Å². The SMILES string of the molecule is Nc1ccc2[nH]c(=O)c(C(F)(F)F)nc2c1. The second-order valence-corrected chi connectivity index (χ2v) is 3.19. The summed E-state index contributed by atoms with van der Waals surface area (Å²) in [6.07, 6.45) is -4.77. The molecule has 0 amide bonds. The lowest BCUT2D eigenvalue weighted by Crippen LogP contribution is -2.23. The van der Waals surface area contributed by atoms with Gasteiger partial charge in [-0.05, 0) is 18.2 Å². The molecule has 0 fully saturated rings. The van der Waals surface area contributed by atoms with Crippen LogP contribution < -0.4 is 11.3 Å². The summed E-state index contributed by atoms with van der Waals surface area (Å²) >= 11 is 0. The molecule has 0 unspecified atom stereocenters. The quantitative estimate of drug-likeness (QED) is 0.673. The molecular weight excluding hydrogens is 223 g/mol. The molecule has 0 spiro atoms. The Morgan fingerprint density at radius 2 is 2.00 bits per heavy atom. The number of hydrogen-bond donors (Lipinski definition) is 2. The van der Waals surface area contributed by atoms with E-state index in [4.69, 9.17) is 5.73 Å². The number of alkyl halides is 3. The normalized spacial score (nSPS) is 11.9. The first-order valence-electron chi connectivity index (χ1n) is 4.24. The first-order valence-corrected chi connectivity index (χ1v) is 4.24. The number of nitrogen functional groups attached to an aromatic ring is 1. The van der Waals surface area contributed by atoms with Crippen LogP contribution in [0.2, 0.25) is 0 Å². The number of H-pyrrole nitrogens is 1. The Labute approximate surface area is 86.9 Å². The fraction of sp³-hybridized carbons (Fsp3) is 0.111. The van der Waals surface area contributed by atoms with Gasteiger partial charge in [-0.25, -0.2) is 4.98 Å². The molecule has 0 bridgehead atoms. The van der Waals surface area contributed by atoms with E-state index in [2.05, 4.69) is 9.97 Å². The molecule has 1 aromatic carbocycles. The van der Waals surface area contributed by atoms with E-state index < -0.39 is 17.4 Å². The van der Waals surface area contributed by atoms with Crippen molar-refractivity contribution in [2.75, 3.05) is 5.73 Å². The van der Waals surface area contributed by atoms with E-state index in [1.165, 1.54) is 18.2 Å². The van der Waals surface area contributed by atoms with Gasteiger partial charge in [0.2, 0.25) is 5.69 Å². The first kappa shape index (κ1) is 10.5. The highest BCUT2D eigenvalue weighted by Crippen LogP contribution is 2.25. The number of nitrogens with two attached hydrogens (primary N) is 1. The number of halogens is 3. The van der Waals surface area contributed by atoms with Crippen molar-refractivity contribution >= 4 is 16.7 Å². The number of fused-ring (bicyclic) bond motifs is 1. The summed E-state index contributed by atoms with van der Waals surface area (Å²) in [5.74, 6) is 0.